The summed E-state index contributed by atoms with van der Waals surface area (Å²) in [7, 11) is 2.21. The Morgan fingerprint density at radius 1 is 1.21 bits per heavy atom. The molecule has 0 bridgehead atoms. The quantitative estimate of drug-likeness (QED) is 0.805. The van der Waals surface area contributed by atoms with Gasteiger partial charge in [0.15, 0.2) is 0 Å². The third-order valence-electron chi connectivity index (χ3n) is 5.23. The Labute approximate surface area is 117 Å². The van der Waals surface area contributed by atoms with E-state index in [4.69, 9.17) is 4.74 Å². The smallest absolute Gasteiger partial charge is 0.0829 e. The van der Waals surface area contributed by atoms with E-state index in [1.54, 1.807) is 0 Å². The van der Waals surface area contributed by atoms with Crippen molar-refractivity contribution in [2.75, 3.05) is 52.9 Å². The number of piperazine rings is 1. The second-order valence-electron chi connectivity index (χ2n) is 6.66. The van der Waals surface area contributed by atoms with Crippen LogP contribution in [0.1, 0.15) is 32.1 Å². The molecule has 0 radical (unpaired) electrons. The largest absolute Gasteiger partial charge is 0.374 e. The Hall–Kier alpha value is -0.160. The predicted molar refractivity (Wildman–Crippen MR) is 77.5 cm³/mol. The molecular formula is C15H29N3O. The second kappa shape index (κ2) is 6.08. The SMILES string of the molecule is CN1CCOC(CN2CCNCC23CCCCC3)C1. The highest BCUT2D eigenvalue weighted by atomic mass is 16.5. The van der Waals surface area contributed by atoms with Gasteiger partial charge in [-0.3, -0.25) is 4.90 Å². The number of hydrogen-bond donors (Lipinski definition) is 1. The number of rotatable bonds is 2. The molecule has 19 heavy (non-hydrogen) atoms. The maximum absolute atomic E-state index is 5.98. The van der Waals surface area contributed by atoms with Crippen molar-refractivity contribution >= 4 is 0 Å². The van der Waals surface area contributed by atoms with Gasteiger partial charge in [-0.15, -0.1) is 0 Å². The summed E-state index contributed by atoms with van der Waals surface area (Å²) in [6.45, 7) is 7.75. The lowest BCUT2D eigenvalue weighted by atomic mass is 9.79. The molecule has 1 spiro atoms. The van der Waals surface area contributed by atoms with Gasteiger partial charge in [0.05, 0.1) is 12.7 Å². The Balaban J connectivity index is 1.63. The molecule has 0 aromatic heterocycles. The molecule has 4 nitrogen and oxygen atoms in total. The predicted octanol–water partition coefficient (Wildman–Crippen LogP) is 0.925. The maximum atomic E-state index is 5.98. The molecule has 1 unspecified atom stereocenters. The summed E-state index contributed by atoms with van der Waals surface area (Å²) in [5.74, 6) is 0. The summed E-state index contributed by atoms with van der Waals surface area (Å²) in [6, 6.07) is 0. The Morgan fingerprint density at radius 3 is 2.84 bits per heavy atom. The van der Waals surface area contributed by atoms with Crippen molar-refractivity contribution in [3.8, 4) is 0 Å². The first kappa shape index (κ1) is 13.8. The minimum absolute atomic E-state index is 0.413. The van der Waals surface area contributed by atoms with Gasteiger partial charge < -0.3 is 15.0 Å². The van der Waals surface area contributed by atoms with E-state index in [0.29, 0.717) is 11.6 Å². The highest BCUT2D eigenvalue weighted by Crippen LogP contribution is 2.34. The molecule has 1 N–H and O–H groups in total. The lowest BCUT2D eigenvalue weighted by Gasteiger charge is -2.51. The van der Waals surface area contributed by atoms with Crippen LogP contribution < -0.4 is 5.32 Å². The molecule has 4 heteroatoms. The van der Waals surface area contributed by atoms with Crippen LogP contribution in [0.15, 0.2) is 0 Å². The van der Waals surface area contributed by atoms with Crippen LogP contribution >= 0.6 is 0 Å². The van der Waals surface area contributed by atoms with Crippen LogP contribution in [-0.2, 0) is 4.74 Å². The summed E-state index contributed by atoms with van der Waals surface area (Å²) in [4.78, 5) is 5.16. The van der Waals surface area contributed by atoms with E-state index >= 15 is 0 Å². The van der Waals surface area contributed by atoms with Crippen molar-refractivity contribution in [3.05, 3.63) is 0 Å². The third kappa shape index (κ3) is 3.13. The highest BCUT2D eigenvalue weighted by molar-refractivity contribution is 4.98. The van der Waals surface area contributed by atoms with Crippen molar-refractivity contribution in [2.24, 2.45) is 0 Å². The summed E-state index contributed by atoms with van der Waals surface area (Å²) in [6.07, 6.45) is 7.41. The minimum Gasteiger partial charge on any atom is -0.374 e. The van der Waals surface area contributed by atoms with Crippen LogP contribution in [0, 0.1) is 0 Å². The van der Waals surface area contributed by atoms with Crippen LogP contribution in [0.2, 0.25) is 0 Å². The Bertz CT molecular complexity index is 283. The van der Waals surface area contributed by atoms with Crippen molar-refractivity contribution in [1.29, 1.82) is 0 Å². The van der Waals surface area contributed by atoms with E-state index in [1.165, 1.54) is 45.2 Å². The molecule has 1 aliphatic carbocycles. The molecule has 0 aromatic carbocycles. The highest BCUT2D eigenvalue weighted by Gasteiger charge is 2.40. The van der Waals surface area contributed by atoms with Crippen LogP contribution in [-0.4, -0.2) is 74.4 Å². The van der Waals surface area contributed by atoms with E-state index in [2.05, 4.69) is 22.2 Å². The van der Waals surface area contributed by atoms with Crippen molar-refractivity contribution in [1.82, 2.24) is 15.1 Å². The zero-order valence-corrected chi connectivity index (χ0v) is 12.4. The van der Waals surface area contributed by atoms with Gasteiger partial charge in [0, 0.05) is 44.8 Å². The number of nitrogens with zero attached hydrogens (tertiary/aromatic N) is 2. The van der Waals surface area contributed by atoms with Gasteiger partial charge in [0.25, 0.3) is 0 Å². The molecule has 3 aliphatic rings. The molecule has 2 aliphatic heterocycles. The third-order valence-corrected chi connectivity index (χ3v) is 5.23. The average Bonchev–Trinajstić information content (AvgIpc) is 2.43. The van der Waals surface area contributed by atoms with Crippen LogP contribution in [0.4, 0.5) is 0 Å². The summed E-state index contributed by atoms with van der Waals surface area (Å²) >= 11 is 0. The molecule has 1 saturated carbocycles. The molecule has 2 heterocycles. The number of ether oxygens (including phenoxy) is 1. The van der Waals surface area contributed by atoms with Crippen LogP contribution in [0.5, 0.6) is 0 Å². The first-order chi connectivity index (χ1) is 9.28. The monoisotopic (exact) mass is 267 g/mol. The van der Waals surface area contributed by atoms with E-state index in [0.717, 1.165) is 32.8 Å². The molecular weight excluding hydrogens is 238 g/mol. The molecule has 3 rings (SSSR count). The fourth-order valence-corrected chi connectivity index (χ4v) is 4.09. The Kier molecular flexibility index (Phi) is 4.42. The molecule has 0 aromatic rings. The first-order valence-electron chi connectivity index (χ1n) is 8.04. The number of likely N-dealkylation sites (N-methyl/N-ethyl adjacent to an activating group) is 1. The van der Waals surface area contributed by atoms with Crippen molar-refractivity contribution < 1.29 is 4.74 Å². The van der Waals surface area contributed by atoms with Crippen LogP contribution in [0.3, 0.4) is 0 Å². The normalized spacial score (nSPS) is 33.6. The van der Waals surface area contributed by atoms with Gasteiger partial charge in [-0.25, -0.2) is 0 Å². The molecule has 3 fully saturated rings. The second-order valence-corrected chi connectivity index (χ2v) is 6.66. The summed E-state index contributed by atoms with van der Waals surface area (Å²) < 4.78 is 5.98. The molecule has 1 atom stereocenters. The molecule has 2 saturated heterocycles. The lowest BCUT2D eigenvalue weighted by molar-refractivity contribution is -0.0665. The van der Waals surface area contributed by atoms with Gasteiger partial charge >= 0.3 is 0 Å². The van der Waals surface area contributed by atoms with E-state index in [9.17, 15) is 0 Å². The minimum atomic E-state index is 0.413. The number of morpholine rings is 1. The fraction of sp³-hybridized carbons (Fsp3) is 1.00. The lowest BCUT2D eigenvalue weighted by Crippen LogP contribution is -2.64. The zero-order chi connectivity index (χ0) is 13.1. The maximum Gasteiger partial charge on any atom is 0.0829 e. The standard InChI is InChI=1S/C15H29N3O/c1-17-9-10-19-14(11-17)12-18-8-7-16-13-15(18)5-3-2-4-6-15/h14,16H,2-13H2,1H3. The number of nitrogens with one attached hydrogen (secondary N) is 1. The van der Waals surface area contributed by atoms with Gasteiger partial charge in [0.2, 0.25) is 0 Å². The molecule has 0 amide bonds. The van der Waals surface area contributed by atoms with E-state index < -0.39 is 0 Å². The first-order valence-corrected chi connectivity index (χ1v) is 8.04. The van der Waals surface area contributed by atoms with E-state index in [1.807, 2.05) is 0 Å². The molecule has 110 valence electrons. The van der Waals surface area contributed by atoms with Crippen molar-refractivity contribution in [3.63, 3.8) is 0 Å². The number of hydrogen-bond acceptors (Lipinski definition) is 4. The average molecular weight is 267 g/mol. The fourth-order valence-electron chi connectivity index (χ4n) is 4.09. The topological polar surface area (TPSA) is 27.7 Å². The Morgan fingerprint density at radius 2 is 2.05 bits per heavy atom. The van der Waals surface area contributed by atoms with Gasteiger partial charge in [-0.05, 0) is 19.9 Å². The van der Waals surface area contributed by atoms with E-state index in [-0.39, 0.29) is 0 Å². The van der Waals surface area contributed by atoms with Crippen molar-refractivity contribution in [2.45, 2.75) is 43.7 Å². The summed E-state index contributed by atoms with van der Waals surface area (Å²) in [5.41, 5.74) is 0.440. The zero-order valence-electron chi connectivity index (χ0n) is 12.4. The van der Waals surface area contributed by atoms with Gasteiger partial charge in [-0.2, -0.15) is 0 Å². The summed E-state index contributed by atoms with van der Waals surface area (Å²) in [5, 5.41) is 3.63. The van der Waals surface area contributed by atoms with Gasteiger partial charge in [-0.1, -0.05) is 19.3 Å². The van der Waals surface area contributed by atoms with Crippen LogP contribution in [0.25, 0.3) is 0 Å². The van der Waals surface area contributed by atoms with Gasteiger partial charge in [0.1, 0.15) is 0 Å².